The first kappa shape index (κ1) is 13.3. The summed E-state index contributed by atoms with van der Waals surface area (Å²) in [6.45, 7) is 8.53. The lowest BCUT2D eigenvalue weighted by atomic mass is 9.85. The molecule has 1 N–H and O–H groups in total. The van der Waals surface area contributed by atoms with E-state index >= 15 is 0 Å². The topological polar surface area (TPSA) is 24.5 Å². The van der Waals surface area contributed by atoms with Crippen molar-refractivity contribution in [3.63, 3.8) is 0 Å². The maximum Gasteiger partial charge on any atom is 0.0710 e. The number of methoxy groups -OCH3 is 1. The molecule has 2 saturated heterocycles. The van der Waals surface area contributed by atoms with Crippen LogP contribution in [0.1, 0.15) is 32.6 Å². The Balaban J connectivity index is 1.64. The molecule has 100 valence electrons. The van der Waals surface area contributed by atoms with Gasteiger partial charge in [-0.15, -0.1) is 0 Å². The van der Waals surface area contributed by atoms with E-state index < -0.39 is 0 Å². The standard InChI is InChI=1S/C14H28N2O/c1-12(13-4-3-7-15-10-13)5-8-16-9-6-14(11-16)17-2/h12-15H,3-11H2,1-2H3. The van der Waals surface area contributed by atoms with Gasteiger partial charge >= 0.3 is 0 Å². The molecule has 2 aliphatic rings. The first-order valence-corrected chi connectivity index (χ1v) is 7.25. The monoisotopic (exact) mass is 240 g/mol. The number of likely N-dealkylation sites (tertiary alicyclic amines) is 1. The van der Waals surface area contributed by atoms with Gasteiger partial charge in [0.1, 0.15) is 0 Å². The molecule has 0 aromatic heterocycles. The lowest BCUT2D eigenvalue weighted by Gasteiger charge is -2.29. The van der Waals surface area contributed by atoms with Gasteiger partial charge in [-0.05, 0) is 57.2 Å². The first-order valence-electron chi connectivity index (χ1n) is 7.25. The van der Waals surface area contributed by atoms with Gasteiger partial charge in [-0.25, -0.2) is 0 Å². The molecule has 2 heterocycles. The van der Waals surface area contributed by atoms with Crippen LogP contribution in [0.15, 0.2) is 0 Å². The largest absolute Gasteiger partial charge is 0.380 e. The Kier molecular flexibility index (Phi) is 5.26. The highest BCUT2D eigenvalue weighted by Crippen LogP contribution is 2.23. The lowest BCUT2D eigenvalue weighted by Crippen LogP contribution is -2.34. The molecule has 0 bridgehead atoms. The van der Waals surface area contributed by atoms with Crippen LogP contribution in [-0.4, -0.2) is 50.8 Å². The van der Waals surface area contributed by atoms with Gasteiger partial charge in [0.2, 0.25) is 0 Å². The number of nitrogens with zero attached hydrogens (tertiary/aromatic N) is 1. The van der Waals surface area contributed by atoms with Crippen molar-refractivity contribution in [2.75, 3.05) is 39.8 Å². The van der Waals surface area contributed by atoms with E-state index in [-0.39, 0.29) is 0 Å². The zero-order valence-electron chi connectivity index (χ0n) is 11.5. The summed E-state index contributed by atoms with van der Waals surface area (Å²) in [5, 5.41) is 3.53. The van der Waals surface area contributed by atoms with Gasteiger partial charge in [0.15, 0.2) is 0 Å². The molecular formula is C14H28N2O. The van der Waals surface area contributed by atoms with Gasteiger partial charge in [0.05, 0.1) is 6.10 Å². The van der Waals surface area contributed by atoms with Crippen LogP contribution in [0, 0.1) is 11.8 Å². The van der Waals surface area contributed by atoms with E-state index in [0.717, 1.165) is 18.4 Å². The molecule has 3 unspecified atom stereocenters. The molecule has 17 heavy (non-hydrogen) atoms. The molecule has 0 saturated carbocycles. The second-order valence-electron chi connectivity index (χ2n) is 5.82. The zero-order chi connectivity index (χ0) is 12.1. The van der Waals surface area contributed by atoms with Crippen molar-refractivity contribution in [2.24, 2.45) is 11.8 Å². The van der Waals surface area contributed by atoms with E-state index in [9.17, 15) is 0 Å². The van der Waals surface area contributed by atoms with Crippen LogP contribution in [0.2, 0.25) is 0 Å². The minimum Gasteiger partial charge on any atom is -0.380 e. The van der Waals surface area contributed by atoms with Gasteiger partial charge in [-0.3, -0.25) is 0 Å². The van der Waals surface area contributed by atoms with E-state index in [1.54, 1.807) is 0 Å². The summed E-state index contributed by atoms with van der Waals surface area (Å²) in [6.07, 6.45) is 5.85. The third-order valence-electron chi connectivity index (χ3n) is 4.60. The number of piperidine rings is 1. The molecule has 3 atom stereocenters. The van der Waals surface area contributed by atoms with Crippen molar-refractivity contribution in [1.82, 2.24) is 10.2 Å². The smallest absolute Gasteiger partial charge is 0.0710 e. The second-order valence-corrected chi connectivity index (χ2v) is 5.82. The van der Waals surface area contributed by atoms with Crippen molar-refractivity contribution in [2.45, 2.75) is 38.7 Å². The van der Waals surface area contributed by atoms with E-state index in [4.69, 9.17) is 4.74 Å². The summed E-state index contributed by atoms with van der Waals surface area (Å²) < 4.78 is 5.41. The van der Waals surface area contributed by atoms with Gasteiger partial charge in [0.25, 0.3) is 0 Å². The highest BCUT2D eigenvalue weighted by molar-refractivity contribution is 4.78. The van der Waals surface area contributed by atoms with E-state index in [2.05, 4.69) is 17.1 Å². The predicted molar refractivity (Wildman–Crippen MR) is 71.2 cm³/mol. The van der Waals surface area contributed by atoms with Crippen molar-refractivity contribution >= 4 is 0 Å². The Hall–Kier alpha value is -0.120. The SMILES string of the molecule is COC1CCN(CCC(C)C2CCCNC2)C1. The molecule has 0 radical (unpaired) electrons. The fraction of sp³-hybridized carbons (Fsp3) is 1.00. The molecule has 0 aliphatic carbocycles. The summed E-state index contributed by atoms with van der Waals surface area (Å²) in [7, 11) is 1.84. The lowest BCUT2D eigenvalue weighted by molar-refractivity contribution is 0.106. The van der Waals surface area contributed by atoms with Crippen LogP contribution in [0.25, 0.3) is 0 Å². The van der Waals surface area contributed by atoms with Gasteiger partial charge < -0.3 is 15.0 Å². The average Bonchev–Trinajstić information content (AvgIpc) is 2.85. The number of hydrogen-bond acceptors (Lipinski definition) is 3. The fourth-order valence-electron chi connectivity index (χ4n) is 3.18. The fourth-order valence-corrected chi connectivity index (χ4v) is 3.18. The Morgan fingerprint density at radius 3 is 2.94 bits per heavy atom. The summed E-state index contributed by atoms with van der Waals surface area (Å²) in [5.41, 5.74) is 0. The van der Waals surface area contributed by atoms with Crippen LogP contribution in [0.4, 0.5) is 0 Å². The third-order valence-corrected chi connectivity index (χ3v) is 4.60. The van der Waals surface area contributed by atoms with Crippen LogP contribution < -0.4 is 5.32 Å². The molecule has 3 heteroatoms. The maximum absolute atomic E-state index is 5.41. The molecular weight excluding hydrogens is 212 g/mol. The quantitative estimate of drug-likeness (QED) is 0.792. The van der Waals surface area contributed by atoms with E-state index in [1.165, 1.54) is 51.9 Å². The minimum absolute atomic E-state index is 0.488. The molecule has 3 nitrogen and oxygen atoms in total. The number of ether oxygens (including phenoxy) is 1. The number of nitrogens with one attached hydrogen (secondary N) is 1. The van der Waals surface area contributed by atoms with E-state index in [1.807, 2.05) is 7.11 Å². The maximum atomic E-state index is 5.41. The number of rotatable bonds is 5. The van der Waals surface area contributed by atoms with E-state index in [0.29, 0.717) is 6.10 Å². The molecule has 0 aromatic rings. The summed E-state index contributed by atoms with van der Waals surface area (Å²) in [5.74, 6) is 1.77. The first-order chi connectivity index (χ1) is 8.29. The second kappa shape index (κ2) is 6.72. The Morgan fingerprint density at radius 2 is 2.29 bits per heavy atom. The van der Waals surface area contributed by atoms with Crippen LogP contribution in [-0.2, 0) is 4.74 Å². The zero-order valence-corrected chi connectivity index (χ0v) is 11.5. The van der Waals surface area contributed by atoms with Crippen molar-refractivity contribution in [3.05, 3.63) is 0 Å². The predicted octanol–water partition coefficient (Wildman–Crippen LogP) is 1.73. The van der Waals surface area contributed by atoms with Gasteiger partial charge in [-0.2, -0.15) is 0 Å². The Morgan fingerprint density at radius 1 is 1.41 bits per heavy atom. The molecule has 2 aliphatic heterocycles. The van der Waals surface area contributed by atoms with Crippen molar-refractivity contribution in [3.8, 4) is 0 Å². The van der Waals surface area contributed by atoms with Gasteiger partial charge in [-0.1, -0.05) is 6.92 Å². The van der Waals surface area contributed by atoms with Crippen LogP contribution in [0.5, 0.6) is 0 Å². The number of hydrogen-bond donors (Lipinski definition) is 1. The van der Waals surface area contributed by atoms with Crippen LogP contribution in [0.3, 0.4) is 0 Å². The average molecular weight is 240 g/mol. The summed E-state index contributed by atoms with van der Waals surface area (Å²) >= 11 is 0. The van der Waals surface area contributed by atoms with Gasteiger partial charge in [0, 0.05) is 20.2 Å². The molecule has 2 fully saturated rings. The molecule has 2 rings (SSSR count). The van der Waals surface area contributed by atoms with Crippen molar-refractivity contribution in [1.29, 1.82) is 0 Å². The highest BCUT2D eigenvalue weighted by Gasteiger charge is 2.24. The summed E-state index contributed by atoms with van der Waals surface area (Å²) in [4.78, 5) is 2.57. The normalized spacial score (nSPS) is 32.8. The third kappa shape index (κ3) is 3.94. The molecule has 0 aromatic carbocycles. The minimum atomic E-state index is 0.488. The highest BCUT2D eigenvalue weighted by atomic mass is 16.5. The Labute approximate surface area is 106 Å². The summed E-state index contributed by atoms with van der Waals surface area (Å²) in [6, 6.07) is 0. The Bertz CT molecular complexity index is 216. The van der Waals surface area contributed by atoms with Crippen molar-refractivity contribution < 1.29 is 4.74 Å². The molecule has 0 spiro atoms. The van der Waals surface area contributed by atoms with Crippen LogP contribution >= 0.6 is 0 Å². The molecule has 0 amide bonds.